The SMILES string of the molecule is Cn1nc(C2CCC(=O)NC2=O)c2cccc(N3CCCC(N4CCN(c5ncc(Cl)c(Nc6ccc7c(c6)c6c(c(=O)n7C)OCC(F)(F)C(C7CC7)N6)n5)CC4)C3)c21. The number of ether oxygens (including phenoxy) is 1. The topological polar surface area (TPSA) is 155 Å². The van der Waals surface area contributed by atoms with Gasteiger partial charge in [-0.25, -0.2) is 13.8 Å². The van der Waals surface area contributed by atoms with E-state index in [0.29, 0.717) is 65.1 Å². The first-order chi connectivity index (χ1) is 28.9. The molecule has 0 radical (unpaired) electrons. The fourth-order valence-corrected chi connectivity index (χ4v) is 9.73. The molecule has 10 rings (SSSR count). The summed E-state index contributed by atoms with van der Waals surface area (Å²) in [6, 6.07) is 10.8. The van der Waals surface area contributed by atoms with Crippen molar-refractivity contribution >= 4 is 74.0 Å². The quantitative estimate of drug-likeness (QED) is 0.186. The molecule has 0 bridgehead atoms. The molecule has 2 amide bonds. The van der Waals surface area contributed by atoms with Crippen LogP contribution in [0.4, 0.5) is 37.6 Å². The number of aryl methyl sites for hydroxylation is 2. The second-order valence-corrected chi connectivity index (χ2v) is 17.2. The first-order valence-electron chi connectivity index (χ1n) is 20.7. The van der Waals surface area contributed by atoms with Crippen molar-refractivity contribution in [3.63, 3.8) is 0 Å². The van der Waals surface area contributed by atoms with Crippen molar-refractivity contribution < 1.29 is 23.1 Å². The lowest BCUT2D eigenvalue weighted by molar-refractivity contribution is -0.134. The van der Waals surface area contributed by atoms with E-state index in [2.05, 4.69) is 41.7 Å². The van der Waals surface area contributed by atoms with Crippen LogP contribution in [0, 0.1) is 5.92 Å². The fourth-order valence-electron chi connectivity index (χ4n) is 9.59. The number of halogens is 3. The maximum Gasteiger partial charge on any atom is 0.301 e. The van der Waals surface area contributed by atoms with E-state index in [1.807, 2.05) is 23.9 Å². The third-order valence-electron chi connectivity index (χ3n) is 12.9. The average molecular weight is 842 g/mol. The molecule has 3 unspecified atom stereocenters. The third kappa shape index (κ3) is 6.84. The van der Waals surface area contributed by atoms with E-state index < -0.39 is 30.0 Å². The molecule has 3 aromatic heterocycles. The number of para-hydroxylation sites is 1. The highest BCUT2D eigenvalue weighted by molar-refractivity contribution is 6.33. The molecule has 1 saturated carbocycles. The van der Waals surface area contributed by atoms with E-state index in [1.165, 1.54) is 4.57 Å². The number of fused-ring (bicyclic) bond motifs is 4. The van der Waals surface area contributed by atoms with E-state index in [9.17, 15) is 14.4 Å². The molecule has 5 aliphatic rings. The van der Waals surface area contributed by atoms with Gasteiger partial charge in [0.15, 0.2) is 12.4 Å². The highest BCUT2D eigenvalue weighted by Crippen LogP contribution is 2.46. The summed E-state index contributed by atoms with van der Waals surface area (Å²) in [5.41, 5.74) is 3.78. The Morgan fingerprint density at radius 2 is 1.78 bits per heavy atom. The van der Waals surface area contributed by atoms with Crippen LogP contribution < -0.4 is 36.0 Å². The Bertz CT molecular complexity index is 2610. The van der Waals surface area contributed by atoms with Gasteiger partial charge in [-0.3, -0.25) is 29.3 Å². The van der Waals surface area contributed by atoms with Crippen molar-refractivity contribution in [3.8, 4) is 5.75 Å². The van der Waals surface area contributed by atoms with Gasteiger partial charge in [-0.1, -0.05) is 23.7 Å². The Labute approximate surface area is 349 Å². The van der Waals surface area contributed by atoms with Gasteiger partial charge in [-0.2, -0.15) is 10.1 Å². The second-order valence-electron chi connectivity index (χ2n) is 16.8. The van der Waals surface area contributed by atoms with Crippen LogP contribution in [-0.4, -0.2) is 105 Å². The predicted octanol–water partition coefficient (Wildman–Crippen LogP) is 5.14. The van der Waals surface area contributed by atoms with E-state index in [4.69, 9.17) is 26.4 Å². The number of piperazine rings is 1. The predicted molar refractivity (Wildman–Crippen MR) is 225 cm³/mol. The lowest BCUT2D eigenvalue weighted by Crippen LogP contribution is -2.55. The minimum atomic E-state index is -3.14. The number of pyridine rings is 1. The zero-order valence-electron chi connectivity index (χ0n) is 33.4. The van der Waals surface area contributed by atoms with Crippen molar-refractivity contribution in [1.29, 1.82) is 0 Å². The summed E-state index contributed by atoms with van der Waals surface area (Å²) in [5.74, 6) is -3.47. The number of imide groups is 1. The van der Waals surface area contributed by atoms with Gasteiger partial charge in [-0.05, 0) is 62.3 Å². The molecule has 4 aliphatic heterocycles. The number of benzene rings is 2. The number of rotatable bonds is 7. The number of aromatic nitrogens is 5. The third-order valence-corrected chi connectivity index (χ3v) is 13.2. The van der Waals surface area contributed by atoms with Crippen molar-refractivity contribution in [1.82, 2.24) is 34.5 Å². The van der Waals surface area contributed by atoms with Crippen molar-refractivity contribution in [3.05, 3.63) is 63.7 Å². The normalized spacial score (nSPS) is 23.5. The zero-order valence-corrected chi connectivity index (χ0v) is 34.1. The summed E-state index contributed by atoms with van der Waals surface area (Å²) in [6.07, 6.45) is 5.86. The molecule has 3 atom stereocenters. The largest absolute Gasteiger partial charge is 0.480 e. The molecule has 4 fully saturated rings. The minimum Gasteiger partial charge on any atom is -0.480 e. The number of carbonyl (C=O) groups excluding carboxylic acids is 2. The number of alkyl halides is 2. The maximum atomic E-state index is 15.2. The lowest BCUT2D eigenvalue weighted by atomic mass is 9.92. The smallest absolute Gasteiger partial charge is 0.301 e. The van der Waals surface area contributed by atoms with Crippen LogP contribution in [0.15, 0.2) is 47.4 Å². The highest BCUT2D eigenvalue weighted by Gasteiger charge is 2.51. The molecular formula is C42H46ClF2N11O4. The van der Waals surface area contributed by atoms with Gasteiger partial charge in [0, 0.05) is 82.3 Å². The Balaban J connectivity index is 0.836. The van der Waals surface area contributed by atoms with Crippen LogP contribution in [0.3, 0.4) is 0 Å². The highest BCUT2D eigenvalue weighted by atomic mass is 35.5. The number of hydrogen-bond acceptors (Lipinski definition) is 12. The second kappa shape index (κ2) is 14.9. The molecule has 314 valence electrons. The van der Waals surface area contributed by atoms with Gasteiger partial charge in [0.05, 0.1) is 46.3 Å². The van der Waals surface area contributed by atoms with Gasteiger partial charge in [0.25, 0.3) is 5.56 Å². The standard InChI is InChI=1S/C42H46ClF2N11O4/c1-52-30-12-10-24(19-28(30)34-36(40(52)59)60-22-42(44,45)37(49-34)23-8-9-23)47-38-29(43)20-46-41(50-38)55-17-15-54(16-18-55)25-5-4-14-56(21-25)31-7-3-6-26-33(51-53(2)35(26)31)27-11-13-32(57)48-39(27)58/h3,6-7,10,12,19-20,23,25,27,37,49H,4-5,8-9,11,13-18,21-22H2,1-2H3,(H,46,47,50)(H,48,57,58). The molecule has 3 saturated heterocycles. The van der Waals surface area contributed by atoms with E-state index in [0.717, 1.165) is 74.4 Å². The molecule has 0 spiro atoms. The summed E-state index contributed by atoms with van der Waals surface area (Å²) in [4.78, 5) is 54.4. The molecule has 60 heavy (non-hydrogen) atoms. The Kier molecular flexibility index (Phi) is 9.57. The molecule has 1 aliphatic carbocycles. The van der Waals surface area contributed by atoms with Gasteiger partial charge in [0.1, 0.15) is 5.02 Å². The lowest BCUT2D eigenvalue weighted by Gasteiger charge is -2.44. The first kappa shape index (κ1) is 38.6. The van der Waals surface area contributed by atoms with Gasteiger partial charge in [0.2, 0.25) is 23.5 Å². The molecule has 2 aromatic carbocycles. The number of carbonyl (C=O) groups is 2. The summed E-state index contributed by atoms with van der Waals surface area (Å²) >= 11 is 6.65. The monoisotopic (exact) mass is 841 g/mol. The van der Waals surface area contributed by atoms with Crippen molar-refractivity contribution in [2.45, 2.75) is 62.4 Å². The summed E-state index contributed by atoms with van der Waals surface area (Å²) < 4.78 is 39.2. The van der Waals surface area contributed by atoms with E-state index in [1.54, 1.807) is 31.4 Å². The van der Waals surface area contributed by atoms with Gasteiger partial charge < -0.3 is 29.7 Å². The van der Waals surface area contributed by atoms with Gasteiger partial charge in [-0.15, -0.1) is 0 Å². The number of piperidine rings is 2. The Morgan fingerprint density at radius 1 is 0.967 bits per heavy atom. The maximum absolute atomic E-state index is 15.2. The summed E-state index contributed by atoms with van der Waals surface area (Å²) in [7, 11) is 3.52. The Hall–Kier alpha value is -5.55. The number of hydrogen-bond donors (Lipinski definition) is 3. The number of nitrogens with zero attached hydrogens (tertiary/aromatic N) is 8. The van der Waals surface area contributed by atoms with Crippen molar-refractivity contribution in [2.24, 2.45) is 20.0 Å². The molecule has 7 heterocycles. The zero-order chi connectivity index (χ0) is 41.4. The number of anilines is 5. The molecular weight excluding hydrogens is 796 g/mol. The van der Waals surface area contributed by atoms with Crippen LogP contribution in [0.5, 0.6) is 5.75 Å². The van der Waals surface area contributed by atoms with Crippen LogP contribution in [0.2, 0.25) is 5.02 Å². The van der Waals surface area contributed by atoms with Gasteiger partial charge >= 0.3 is 5.92 Å². The van der Waals surface area contributed by atoms with E-state index >= 15 is 8.78 Å². The molecule has 3 N–H and O–H groups in total. The molecule has 15 nitrogen and oxygen atoms in total. The number of nitrogens with one attached hydrogen (secondary N) is 3. The van der Waals surface area contributed by atoms with Crippen LogP contribution in [0.1, 0.15) is 50.1 Å². The molecule has 5 aromatic rings. The van der Waals surface area contributed by atoms with Crippen LogP contribution in [-0.2, 0) is 23.7 Å². The fraction of sp³-hybridized carbons (Fsp3) is 0.476. The number of amides is 2. The van der Waals surface area contributed by atoms with E-state index in [-0.39, 0.29) is 29.2 Å². The minimum absolute atomic E-state index is 0.112. The Morgan fingerprint density at radius 3 is 2.57 bits per heavy atom. The average Bonchev–Trinajstić information content (AvgIpc) is 4.05. The summed E-state index contributed by atoms with van der Waals surface area (Å²) in [5, 5.41) is 15.5. The van der Waals surface area contributed by atoms with Crippen LogP contribution >= 0.6 is 11.6 Å². The van der Waals surface area contributed by atoms with Crippen LogP contribution in [0.25, 0.3) is 21.8 Å². The first-order valence-corrected chi connectivity index (χ1v) is 21.1. The van der Waals surface area contributed by atoms with Crippen molar-refractivity contribution in [2.75, 3.05) is 66.3 Å². The summed E-state index contributed by atoms with van der Waals surface area (Å²) in [6.45, 7) is 4.01. The molecule has 18 heteroatoms.